The summed E-state index contributed by atoms with van der Waals surface area (Å²) in [5, 5.41) is 0. The topological polar surface area (TPSA) is 6.48 Å². The molecule has 0 fully saturated rings. The molecule has 0 saturated heterocycles. The van der Waals surface area contributed by atoms with Crippen LogP contribution in [0.15, 0.2) is 11.4 Å². The molecule has 0 spiro atoms. The van der Waals surface area contributed by atoms with E-state index in [2.05, 4.69) is 44.4 Å². The first-order valence-corrected chi connectivity index (χ1v) is 3.11. The van der Waals surface area contributed by atoms with E-state index >= 15 is 0 Å². The van der Waals surface area contributed by atoms with Crippen molar-refractivity contribution in [3.8, 4) is 0 Å². The van der Waals surface area contributed by atoms with Gasteiger partial charge in [-0.05, 0) is 13.8 Å². The third-order valence-corrected chi connectivity index (χ3v) is 1.93. The summed E-state index contributed by atoms with van der Waals surface area (Å²) in [6.45, 7) is 6.31. The number of rotatable bonds is 0. The van der Waals surface area contributed by atoms with Gasteiger partial charge in [0.15, 0.2) is 0 Å². The molecule has 0 amide bonds. The van der Waals surface area contributed by atoms with Crippen LogP contribution in [0.5, 0.6) is 0 Å². The van der Waals surface area contributed by atoms with E-state index < -0.39 is 0 Å². The predicted octanol–water partition coefficient (Wildman–Crippen LogP) is 1.23. The zero-order valence-corrected chi connectivity index (χ0v) is 6.47. The van der Waals surface area contributed by atoms with Gasteiger partial charge in [-0.2, -0.15) is 0 Å². The normalized spacial score (nSPS) is 20.0. The van der Waals surface area contributed by atoms with Crippen LogP contribution in [0.25, 0.3) is 0 Å². The monoisotopic (exact) mass is 125 g/mol. The van der Waals surface area contributed by atoms with Gasteiger partial charge in [-0.3, -0.25) is 0 Å². The van der Waals surface area contributed by atoms with Crippen molar-refractivity contribution >= 4 is 0 Å². The molecule has 0 aliphatic carbocycles. The van der Waals surface area contributed by atoms with E-state index in [1.54, 1.807) is 0 Å². The van der Waals surface area contributed by atoms with Crippen molar-refractivity contribution in [2.24, 2.45) is 0 Å². The van der Waals surface area contributed by atoms with Gasteiger partial charge in [0.05, 0.1) is 0 Å². The predicted molar refractivity (Wildman–Crippen MR) is 38.2 cm³/mol. The summed E-state index contributed by atoms with van der Waals surface area (Å²) in [5.41, 5.74) is 2.66. The number of nitrogens with zero attached hydrogens (tertiary/aromatic N) is 2. The van der Waals surface area contributed by atoms with E-state index in [0.717, 1.165) is 0 Å². The Morgan fingerprint density at radius 3 is 1.44 bits per heavy atom. The van der Waals surface area contributed by atoms with Crippen molar-refractivity contribution in [2.75, 3.05) is 14.1 Å². The molecule has 0 saturated carbocycles. The smallest absolute Gasteiger partial charge is 0.141 e. The average molecular weight is 125 g/mol. The van der Waals surface area contributed by atoms with Gasteiger partial charge in [-0.25, -0.2) is 0 Å². The lowest BCUT2D eigenvalue weighted by Crippen LogP contribution is -2.13. The van der Waals surface area contributed by atoms with Gasteiger partial charge in [0.2, 0.25) is 0 Å². The zero-order chi connectivity index (χ0) is 7.02. The number of hydrogen-bond donors (Lipinski definition) is 0. The van der Waals surface area contributed by atoms with Crippen molar-refractivity contribution in [1.29, 1.82) is 0 Å². The highest BCUT2D eigenvalue weighted by molar-refractivity contribution is 5.15. The Balaban J connectivity index is 2.79. The molecule has 0 unspecified atom stereocenters. The lowest BCUT2D eigenvalue weighted by Gasteiger charge is -2.12. The second-order valence-corrected chi connectivity index (χ2v) is 2.51. The third kappa shape index (κ3) is 0.889. The first-order valence-electron chi connectivity index (χ1n) is 3.11. The Labute approximate surface area is 56.8 Å². The van der Waals surface area contributed by atoms with Crippen LogP contribution in [0.3, 0.4) is 0 Å². The Morgan fingerprint density at radius 1 is 1.00 bits per heavy atom. The molecule has 0 N–H and O–H groups in total. The minimum Gasteiger partial charge on any atom is -0.353 e. The van der Waals surface area contributed by atoms with Gasteiger partial charge in [0, 0.05) is 25.5 Å². The largest absolute Gasteiger partial charge is 0.353 e. The molecule has 0 bridgehead atoms. The molecule has 51 valence electrons. The molecule has 0 aromatic heterocycles. The van der Waals surface area contributed by atoms with Gasteiger partial charge in [0.1, 0.15) is 6.67 Å². The second-order valence-electron chi connectivity index (χ2n) is 2.51. The van der Waals surface area contributed by atoms with E-state index in [-0.39, 0.29) is 0 Å². The van der Waals surface area contributed by atoms with Crippen LogP contribution in [-0.2, 0) is 0 Å². The lowest BCUT2D eigenvalue weighted by atomic mass is 10.4. The molecular weight excluding hydrogens is 112 g/mol. The highest BCUT2D eigenvalue weighted by Crippen LogP contribution is 2.21. The zero-order valence-electron chi connectivity index (χ0n) is 6.47. The standard InChI is InChI=1S/C7H13N2/c1-6-7(2)9(4)5-8(6)3/h5H,1-4H3. The molecular formula is C7H13N2. The molecule has 0 atom stereocenters. The first-order chi connectivity index (χ1) is 4.13. The Hall–Kier alpha value is -0.660. The molecule has 1 aliphatic rings. The lowest BCUT2D eigenvalue weighted by molar-refractivity contribution is 0.408. The summed E-state index contributed by atoms with van der Waals surface area (Å²) in [5.74, 6) is 0. The molecule has 2 heteroatoms. The van der Waals surface area contributed by atoms with E-state index in [4.69, 9.17) is 0 Å². The molecule has 1 aliphatic heterocycles. The van der Waals surface area contributed by atoms with Crippen LogP contribution in [0, 0.1) is 6.67 Å². The van der Waals surface area contributed by atoms with Gasteiger partial charge in [-0.15, -0.1) is 0 Å². The van der Waals surface area contributed by atoms with Crippen molar-refractivity contribution in [3.05, 3.63) is 18.1 Å². The van der Waals surface area contributed by atoms with Crippen molar-refractivity contribution in [3.63, 3.8) is 0 Å². The first kappa shape index (κ1) is 6.46. The highest BCUT2D eigenvalue weighted by Gasteiger charge is 2.16. The number of hydrogen-bond acceptors (Lipinski definition) is 2. The van der Waals surface area contributed by atoms with Crippen LogP contribution in [0.4, 0.5) is 0 Å². The molecule has 1 heterocycles. The molecule has 9 heavy (non-hydrogen) atoms. The van der Waals surface area contributed by atoms with Crippen molar-refractivity contribution in [2.45, 2.75) is 13.8 Å². The van der Waals surface area contributed by atoms with E-state index in [1.807, 2.05) is 0 Å². The quantitative estimate of drug-likeness (QED) is 0.480. The minimum absolute atomic E-state index is 1.33. The second kappa shape index (κ2) is 1.94. The fourth-order valence-corrected chi connectivity index (χ4v) is 0.943. The van der Waals surface area contributed by atoms with Crippen LogP contribution >= 0.6 is 0 Å². The van der Waals surface area contributed by atoms with Crippen molar-refractivity contribution < 1.29 is 0 Å². The SMILES string of the molecule is CC1=C(C)N(C)[CH]N1C. The summed E-state index contributed by atoms with van der Waals surface area (Å²) in [7, 11) is 4.12. The Kier molecular flexibility index (Phi) is 1.39. The fraction of sp³-hybridized carbons (Fsp3) is 0.571. The molecule has 0 aromatic carbocycles. The number of allylic oxidation sites excluding steroid dienone is 2. The Morgan fingerprint density at radius 2 is 1.33 bits per heavy atom. The average Bonchev–Trinajstić information content (AvgIpc) is 1.98. The summed E-state index contributed by atoms with van der Waals surface area (Å²) in [6.07, 6.45) is 0. The van der Waals surface area contributed by atoms with Gasteiger partial charge in [-0.1, -0.05) is 0 Å². The molecule has 0 aromatic rings. The maximum Gasteiger partial charge on any atom is 0.141 e. The van der Waals surface area contributed by atoms with E-state index in [9.17, 15) is 0 Å². The maximum atomic E-state index is 2.12. The Bertz CT molecular complexity index is 133. The molecule has 1 rings (SSSR count). The minimum atomic E-state index is 1.33. The van der Waals surface area contributed by atoms with E-state index in [0.29, 0.717) is 0 Å². The van der Waals surface area contributed by atoms with Crippen LogP contribution in [-0.4, -0.2) is 23.9 Å². The maximum absolute atomic E-state index is 2.12. The summed E-state index contributed by atoms with van der Waals surface area (Å²) in [6, 6.07) is 0. The van der Waals surface area contributed by atoms with Crippen LogP contribution in [0.1, 0.15) is 13.8 Å². The summed E-state index contributed by atoms with van der Waals surface area (Å²) in [4.78, 5) is 4.24. The fourth-order valence-electron chi connectivity index (χ4n) is 0.943. The summed E-state index contributed by atoms with van der Waals surface area (Å²) >= 11 is 0. The summed E-state index contributed by atoms with van der Waals surface area (Å²) < 4.78 is 0. The van der Waals surface area contributed by atoms with Gasteiger partial charge < -0.3 is 9.80 Å². The third-order valence-electron chi connectivity index (χ3n) is 1.93. The van der Waals surface area contributed by atoms with Crippen LogP contribution < -0.4 is 0 Å². The highest BCUT2D eigenvalue weighted by atomic mass is 15.3. The van der Waals surface area contributed by atoms with Crippen LogP contribution in [0.2, 0.25) is 0 Å². The molecule has 1 radical (unpaired) electrons. The van der Waals surface area contributed by atoms with Gasteiger partial charge in [0.25, 0.3) is 0 Å². The van der Waals surface area contributed by atoms with E-state index in [1.165, 1.54) is 11.4 Å². The molecule has 2 nitrogen and oxygen atoms in total. The van der Waals surface area contributed by atoms with Crippen molar-refractivity contribution in [1.82, 2.24) is 9.80 Å². The van der Waals surface area contributed by atoms with Gasteiger partial charge >= 0.3 is 0 Å².